The van der Waals surface area contributed by atoms with Crippen LogP contribution >= 0.6 is 0 Å². The zero-order chi connectivity index (χ0) is 5.11. The van der Waals surface area contributed by atoms with Gasteiger partial charge in [-0.2, -0.15) is 0 Å². The van der Waals surface area contributed by atoms with Crippen LogP contribution in [0, 0.1) is 0 Å². The number of imidazole rings is 1. The third-order valence-corrected chi connectivity index (χ3v) is 0.610. The number of nitrogens with zero attached hydrogens (tertiary/aromatic N) is 2. The molecule has 0 saturated heterocycles. The molecule has 0 spiro atoms. The summed E-state index contributed by atoms with van der Waals surface area (Å²) in [6, 6.07) is 0. The predicted molar refractivity (Wildman–Crippen MR) is 23.3 cm³/mol. The second-order valence-corrected chi connectivity index (χ2v) is 1.06. The van der Waals surface area contributed by atoms with E-state index in [4.69, 9.17) is 0 Å². The van der Waals surface area contributed by atoms with Crippen molar-refractivity contribution in [2.24, 2.45) is 0 Å². The van der Waals surface area contributed by atoms with Crippen LogP contribution in [0.2, 0.25) is 0 Å². The smallest absolute Gasteiger partial charge is 0.149 e. The van der Waals surface area contributed by atoms with Gasteiger partial charge in [-0.25, -0.2) is 0 Å². The van der Waals surface area contributed by atoms with Gasteiger partial charge in [0.2, 0.25) is 0 Å². The van der Waals surface area contributed by atoms with Gasteiger partial charge in [-0.3, -0.25) is 0 Å². The van der Waals surface area contributed by atoms with Gasteiger partial charge < -0.3 is 14.3 Å². The molecule has 1 heterocycles. The van der Waals surface area contributed by atoms with Crippen molar-refractivity contribution < 1.29 is 25.9 Å². The van der Waals surface area contributed by atoms with Crippen molar-refractivity contribution in [3.05, 3.63) is 18.7 Å². The van der Waals surface area contributed by atoms with E-state index in [1.54, 1.807) is 6.41 Å². The molecular formula is C4H3N2OW-. The molecule has 0 amide bonds. The van der Waals surface area contributed by atoms with E-state index in [0.29, 0.717) is 0 Å². The SMILES string of the molecule is O=[C-]n1ccnc1.[W]. The first-order chi connectivity index (χ1) is 3.43. The quantitative estimate of drug-likeness (QED) is 0.667. The van der Waals surface area contributed by atoms with Crippen molar-refractivity contribution in [2.75, 3.05) is 0 Å². The van der Waals surface area contributed by atoms with Crippen LogP contribution in [0.1, 0.15) is 0 Å². The summed E-state index contributed by atoms with van der Waals surface area (Å²) in [7, 11) is 0. The molecule has 4 heteroatoms. The molecule has 0 bridgehead atoms. The first-order valence-electron chi connectivity index (χ1n) is 1.79. The summed E-state index contributed by atoms with van der Waals surface area (Å²) in [5.41, 5.74) is 0. The van der Waals surface area contributed by atoms with Gasteiger partial charge in [0, 0.05) is 21.1 Å². The van der Waals surface area contributed by atoms with E-state index in [2.05, 4.69) is 4.98 Å². The molecule has 8 heavy (non-hydrogen) atoms. The van der Waals surface area contributed by atoms with E-state index < -0.39 is 0 Å². The van der Waals surface area contributed by atoms with Gasteiger partial charge in [-0.1, -0.05) is 6.20 Å². The van der Waals surface area contributed by atoms with Gasteiger partial charge in [0.05, 0.1) is 0 Å². The van der Waals surface area contributed by atoms with Crippen LogP contribution in [0.15, 0.2) is 18.7 Å². The van der Waals surface area contributed by atoms with Crippen LogP contribution < -0.4 is 0 Å². The molecule has 0 N–H and O–H groups in total. The van der Waals surface area contributed by atoms with Gasteiger partial charge >= 0.3 is 0 Å². The largest absolute Gasteiger partial charge is 0.439 e. The Bertz CT molecular complexity index is 149. The normalized spacial score (nSPS) is 7.50. The first kappa shape index (κ1) is 7.57. The summed E-state index contributed by atoms with van der Waals surface area (Å²) >= 11 is 0. The molecule has 42 valence electrons. The maximum atomic E-state index is 9.67. The summed E-state index contributed by atoms with van der Waals surface area (Å²) in [4.78, 5) is 13.3. The van der Waals surface area contributed by atoms with Crippen LogP contribution in [0.25, 0.3) is 0 Å². The molecule has 0 aromatic carbocycles. The molecule has 3 nitrogen and oxygen atoms in total. The predicted octanol–water partition coefficient (Wildman–Crippen LogP) is -0.204. The van der Waals surface area contributed by atoms with Crippen molar-refractivity contribution in [3.8, 4) is 0 Å². The number of hydrogen-bond donors (Lipinski definition) is 0. The third-order valence-electron chi connectivity index (χ3n) is 0.610. The molecule has 0 atom stereocenters. The molecule has 1 aromatic heterocycles. The zero-order valence-corrected chi connectivity index (χ0v) is 6.88. The summed E-state index contributed by atoms with van der Waals surface area (Å²) in [5.74, 6) is 0. The zero-order valence-electron chi connectivity index (χ0n) is 3.94. The fourth-order valence-electron chi connectivity index (χ4n) is 0.313. The van der Waals surface area contributed by atoms with Crippen molar-refractivity contribution in [1.29, 1.82) is 0 Å². The fraction of sp³-hybridized carbons (Fsp3) is 0. The molecular weight excluding hydrogens is 276 g/mol. The molecule has 0 aliphatic rings. The van der Waals surface area contributed by atoms with Crippen molar-refractivity contribution >= 4 is 6.41 Å². The monoisotopic (exact) mass is 279 g/mol. The first-order valence-corrected chi connectivity index (χ1v) is 1.79. The molecule has 1 rings (SSSR count). The summed E-state index contributed by atoms with van der Waals surface area (Å²) < 4.78 is 1.21. The van der Waals surface area contributed by atoms with Gasteiger partial charge in [-0.15, -0.1) is 0 Å². The Balaban J connectivity index is 0.000000490. The van der Waals surface area contributed by atoms with E-state index in [1.807, 2.05) is 0 Å². The Labute approximate surface area is 61.0 Å². The number of hydrogen-bond acceptors (Lipinski definition) is 2. The molecule has 0 aliphatic carbocycles. The second kappa shape index (κ2) is 3.56. The fourth-order valence-corrected chi connectivity index (χ4v) is 0.313. The molecule has 0 saturated carbocycles. The van der Waals surface area contributed by atoms with Crippen LogP contribution in [-0.2, 0) is 25.9 Å². The molecule has 0 radical (unpaired) electrons. The van der Waals surface area contributed by atoms with E-state index in [9.17, 15) is 4.79 Å². The third kappa shape index (κ3) is 1.58. The minimum absolute atomic E-state index is 0. The second-order valence-electron chi connectivity index (χ2n) is 1.06. The van der Waals surface area contributed by atoms with Crippen molar-refractivity contribution in [1.82, 2.24) is 9.55 Å². The van der Waals surface area contributed by atoms with Gasteiger partial charge in [0.25, 0.3) is 0 Å². The van der Waals surface area contributed by atoms with Gasteiger partial charge in [-0.05, 0) is 12.5 Å². The molecule has 0 aliphatic heterocycles. The maximum absolute atomic E-state index is 9.67. The van der Waals surface area contributed by atoms with Gasteiger partial charge in [0.1, 0.15) is 6.41 Å². The Morgan fingerprint density at radius 1 is 1.62 bits per heavy atom. The Morgan fingerprint density at radius 3 is 2.62 bits per heavy atom. The average molecular weight is 279 g/mol. The van der Waals surface area contributed by atoms with Crippen LogP contribution in [0.5, 0.6) is 0 Å². The van der Waals surface area contributed by atoms with E-state index in [1.165, 1.54) is 23.3 Å². The summed E-state index contributed by atoms with van der Waals surface area (Å²) in [5, 5.41) is 0. The summed E-state index contributed by atoms with van der Waals surface area (Å²) in [6.45, 7) is 0. The average Bonchev–Trinajstić information content (AvgIpc) is 2.14. The number of aromatic nitrogens is 2. The standard InChI is InChI=1S/C4H3N2O.W/c7-4-6-2-1-5-3-6;/h1-3H;/q-1;. The van der Waals surface area contributed by atoms with Crippen molar-refractivity contribution in [2.45, 2.75) is 0 Å². The number of rotatable bonds is 1. The Kier molecular flexibility index (Phi) is 3.36. The van der Waals surface area contributed by atoms with Gasteiger partial charge in [0.15, 0.2) is 0 Å². The van der Waals surface area contributed by atoms with E-state index in [0.717, 1.165) is 0 Å². The summed E-state index contributed by atoms with van der Waals surface area (Å²) in [6.07, 6.45) is 6.03. The molecule has 0 fully saturated rings. The molecule has 0 unspecified atom stereocenters. The van der Waals surface area contributed by atoms with Crippen LogP contribution in [0.4, 0.5) is 0 Å². The molecule has 1 aromatic rings. The number of carbonyl (C=O) groups excluding carboxylic acids is 1. The van der Waals surface area contributed by atoms with E-state index in [-0.39, 0.29) is 21.1 Å². The minimum atomic E-state index is 0. The van der Waals surface area contributed by atoms with Crippen LogP contribution in [0.3, 0.4) is 0 Å². The Morgan fingerprint density at radius 2 is 2.38 bits per heavy atom. The Hall–Kier alpha value is -0.432. The van der Waals surface area contributed by atoms with Crippen LogP contribution in [-0.4, -0.2) is 16.0 Å². The minimum Gasteiger partial charge on any atom is -0.439 e. The van der Waals surface area contributed by atoms with E-state index >= 15 is 0 Å². The maximum Gasteiger partial charge on any atom is 0.149 e. The van der Waals surface area contributed by atoms with Crippen molar-refractivity contribution in [3.63, 3.8) is 0 Å². The topological polar surface area (TPSA) is 34.9 Å².